The molecule has 0 saturated heterocycles. The zero-order valence-corrected chi connectivity index (χ0v) is 8.31. The molecular weight excluding hydrogens is 176 g/mol. The number of nitrogens with one attached hydrogen (secondary N) is 1. The minimum absolute atomic E-state index is 0.170. The average molecular weight is 193 g/mol. The van der Waals surface area contributed by atoms with Crippen molar-refractivity contribution in [3.05, 3.63) is 0 Å². The van der Waals surface area contributed by atoms with Gasteiger partial charge in [-0.3, -0.25) is 4.79 Å². The van der Waals surface area contributed by atoms with Gasteiger partial charge in [-0.05, 0) is 19.3 Å². The molecule has 0 bridgehead atoms. The Bertz CT molecular complexity index is 162. The van der Waals surface area contributed by atoms with Crippen molar-refractivity contribution >= 4 is 5.91 Å². The van der Waals surface area contributed by atoms with Gasteiger partial charge in [-0.15, -0.1) is 0 Å². The molecule has 0 aromatic carbocycles. The lowest BCUT2D eigenvalue weighted by atomic mass is 10.0. The molecule has 4 heteroatoms. The summed E-state index contributed by atoms with van der Waals surface area (Å²) in [7, 11) is 0. The van der Waals surface area contributed by atoms with Crippen molar-refractivity contribution < 1.29 is 13.6 Å². The number of halogens is 2. The summed E-state index contributed by atoms with van der Waals surface area (Å²) >= 11 is 0. The number of carbonyl (C=O) groups is 1. The second kappa shape index (κ2) is 5.89. The highest BCUT2D eigenvalue weighted by Gasteiger charge is 2.17. The van der Waals surface area contributed by atoms with Crippen molar-refractivity contribution in [1.82, 2.24) is 5.32 Å². The van der Waals surface area contributed by atoms with Crippen LogP contribution in [0.1, 0.15) is 33.6 Å². The van der Waals surface area contributed by atoms with E-state index >= 15 is 0 Å². The van der Waals surface area contributed by atoms with Crippen LogP contribution >= 0.6 is 0 Å². The van der Waals surface area contributed by atoms with Gasteiger partial charge < -0.3 is 5.32 Å². The van der Waals surface area contributed by atoms with Crippen LogP contribution in [0.5, 0.6) is 0 Å². The van der Waals surface area contributed by atoms with E-state index in [1.165, 1.54) is 0 Å². The van der Waals surface area contributed by atoms with Crippen LogP contribution in [-0.4, -0.2) is 18.4 Å². The first-order valence-corrected chi connectivity index (χ1v) is 4.55. The fourth-order valence-corrected chi connectivity index (χ4v) is 1.13. The Morgan fingerprint density at radius 3 is 2.31 bits per heavy atom. The van der Waals surface area contributed by atoms with E-state index < -0.39 is 12.3 Å². The number of hydrogen-bond donors (Lipinski definition) is 1. The minimum atomic E-state index is -2.90. The summed E-state index contributed by atoms with van der Waals surface area (Å²) < 4.78 is 23.6. The van der Waals surface area contributed by atoms with Gasteiger partial charge in [0, 0.05) is 6.04 Å². The predicted octanol–water partition coefficient (Wildman–Crippen LogP) is 2.19. The summed E-state index contributed by atoms with van der Waals surface area (Å²) in [5.41, 5.74) is 0. The third kappa shape index (κ3) is 5.55. The molecule has 2 nitrogen and oxygen atoms in total. The first-order chi connectivity index (χ1) is 5.97. The fourth-order valence-electron chi connectivity index (χ4n) is 1.13. The van der Waals surface area contributed by atoms with Crippen molar-refractivity contribution in [2.24, 2.45) is 5.92 Å². The third-order valence-electron chi connectivity index (χ3n) is 2.04. The van der Waals surface area contributed by atoms with Gasteiger partial charge in [0.1, 0.15) is 0 Å². The van der Waals surface area contributed by atoms with Gasteiger partial charge >= 0.3 is 6.43 Å². The van der Waals surface area contributed by atoms with Crippen LogP contribution in [0.4, 0.5) is 8.78 Å². The Labute approximate surface area is 77.7 Å². The molecule has 13 heavy (non-hydrogen) atoms. The fraction of sp³-hybridized carbons (Fsp3) is 0.889. The summed E-state index contributed by atoms with van der Waals surface area (Å²) in [5.74, 6) is -0.719. The molecule has 0 radical (unpaired) electrons. The normalized spacial score (nSPS) is 15.5. The Hall–Kier alpha value is -0.670. The van der Waals surface area contributed by atoms with Crippen LogP contribution in [-0.2, 0) is 4.79 Å². The van der Waals surface area contributed by atoms with Gasteiger partial charge in [0.25, 0.3) is 5.91 Å². The van der Waals surface area contributed by atoms with Crippen LogP contribution in [0.2, 0.25) is 0 Å². The van der Waals surface area contributed by atoms with E-state index in [1.807, 2.05) is 13.8 Å². The first-order valence-electron chi connectivity index (χ1n) is 4.55. The Morgan fingerprint density at radius 1 is 1.38 bits per heavy atom. The summed E-state index contributed by atoms with van der Waals surface area (Å²) in [6, 6.07) is -0.170. The van der Waals surface area contributed by atoms with Crippen LogP contribution in [0.25, 0.3) is 0 Å². The third-order valence-corrected chi connectivity index (χ3v) is 2.04. The van der Waals surface area contributed by atoms with Crippen molar-refractivity contribution in [1.29, 1.82) is 0 Å². The van der Waals surface area contributed by atoms with Crippen molar-refractivity contribution in [2.75, 3.05) is 0 Å². The van der Waals surface area contributed by atoms with E-state index in [0.717, 1.165) is 12.8 Å². The van der Waals surface area contributed by atoms with E-state index in [-0.39, 0.29) is 6.04 Å². The maximum atomic E-state index is 11.8. The summed E-state index contributed by atoms with van der Waals surface area (Å²) in [6.07, 6.45) is -1.16. The van der Waals surface area contributed by atoms with Crippen molar-refractivity contribution in [3.8, 4) is 0 Å². The van der Waals surface area contributed by atoms with Gasteiger partial charge in [0.15, 0.2) is 0 Å². The van der Waals surface area contributed by atoms with Crippen LogP contribution in [0, 0.1) is 5.92 Å². The number of alkyl halides is 2. The molecule has 0 fully saturated rings. The van der Waals surface area contributed by atoms with Crippen molar-refractivity contribution in [3.63, 3.8) is 0 Å². The second-order valence-electron chi connectivity index (χ2n) is 3.46. The largest absolute Gasteiger partial charge is 0.349 e. The Morgan fingerprint density at radius 2 is 1.92 bits per heavy atom. The molecular formula is C9H17F2NO. The molecule has 2 atom stereocenters. The molecule has 0 aliphatic rings. The molecule has 78 valence electrons. The Balaban J connectivity index is 3.74. The molecule has 0 aromatic rings. The number of carbonyl (C=O) groups excluding carboxylic acids is 1. The monoisotopic (exact) mass is 193 g/mol. The average Bonchev–Trinajstić information content (AvgIpc) is 2.03. The van der Waals surface area contributed by atoms with Gasteiger partial charge in [0.2, 0.25) is 0 Å². The number of amides is 1. The maximum absolute atomic E-state index is 11.8. The molecule has 0 saturated carbocycles. The highest BCUT2D eigenvalue weighted by Crippen LogP contribution is 2.09. The molecule has 0 heterocycles. The van der Waals surface area contributed by atoms with Crippen LogP contribution in [0.15, 0.2) is 0 Å². The molecule has 0 aliphatic carbocycles. The van der Waals surface area contributed by atoms with Gasteiger partial charge in [0.05, 0.1) is 0 Å². The van der Waals surface area contributed by atoms with Crippen LogP contribution < -0.4 is 5.32 Å². The quantitative estimate of drug-likeness (QED) is 0.712. The summed E-state index contributed by atoms with van der Waals surface area (Å²) in [5, 5.41) is 2.26. The number of rotatable bonds is 5. The standard InChI is InChI=1S/C9H17F2NO/c1-4-6(2)5-7(3)12-9(13)8(10)11/h6-8H,4-5H2,1-3H3,(H,12,13). The first kappa shape index (κ1) is 12.3. The smallest absolute Gasteiger partial charge is 0.315 e. The lowest BCUT2D eigenvalue weighted by Gasteiger charge is -2.16. The lowest BCUT2D eigenvalue weighted by molar-refractivity contribution is -0.132. The van der Waals surface area contributed by atoms with E-state index in [4.69, 9.17) is 0 Å². The summed E-state index contributed by atoms with van der Waals surface area (Å²) in [4.78, 5) is 10.6. The number of hydrogen-bond acceptors (Lipinski definition) is 1. The Kier molecular flexibility index (Phi) is 5.58. The minimum Gasteiger partial charge on any atom is -0.349 e. The van der Waals surface area contributed by atoms with E-state index in [1.54, 1.807) is 6.92 Å². The molecule has 0 aromatic heterocycles. The second-order valence-corrected chi connectivity index (χ2v) is 3.46. The maximum Gasteiger partial charge on any atom is 0.315 e. The lowest BCUT2D eigenvalue weighted by Crippen LogP contribution is -2.37. The van der Waals surface area contributed by atoms with Gasteiger partial charge in [-0.25, -0.2) is 0 Å². The summed E-state index contributed by atoms with van der Waals surface area (Å²) in [6.45, 7) is 5.81. The SMILES string of the molecule is CCC(C)CC(C)NC(=O)C(F)F. The highest BCUT2D eigenvalue weighted by molar-refractivity contribution is 5.79. The molecule has 2 unspecified atom stereocenters. The zero-order chi connectivity index (χ0) is 10.4. The molecule has 0 rings (SSSR count). The molecule has 1 N–H and O–H groups in total. The topological polar surface area (TPSA) is 29.1 Å². The highest BCUT2D eigenvalue weighted by atomic mass is 19.3. The van der Waals surface area contributed by atoms with Crippen molar-refractivity contribution in [2.45, 2.75) is 46.1 Å². The molecule has 0 aliphatic heterocycles. The van der Waals surface area contributed by atoms with Gasteiger partial charge in [-0.2, -0.15) is 8.78 Å². The van der Waals surface area contributed by atoms with E-state index in [0.29, 0.717) is 5.92 Å². The predicted molar refractivity (Wildman–Crippen MR) is 47.7 cm³/mol. The molecule has 0 spiro atoms. The van der Waals surface area contributed by atoms with Crippen LogP contribution in [0.3, 0.4) is 0 Å². The molecule has 1 amide bonds. The van der Waals surface area contributed by atoms with Gasteiger partial charge in [-0.1, -0.05) is 20.3 Å². The van der Waals surface area contributed by atoms with E-state index in [2.05, 4.69) is 5.32 Å². The van der Waals surface area contributed by atoms with E-state index in [9.17, 15) is 13.6 Å². The zero-order valence-electron chi connectivity index (χ0n) is 8.31.